The smallest absolute Gasteiger partial charge is 0.321 e. The van der Waals surface area contributed by atoms with Gasteiger partial charge in [-0.2, -0.15) is 0 Å². The van der Waals surface area contributed by atoms with E-state index in [0.29, 0.717) is 12.8 Å². The Bertz CT molecular complexity index is 685. The van der Waals surface area contributed by atoms with Gasteiger partial charge in [0, 0.05) is 6.04 Å². The number of carbonyl (C=O) groups is 1. The van der Waals surface area contributed by atoms with Crippen LogP contribution in [0.15, 0.2) is 18.2 Å². The molecule has 6 nitrogen and oxygen atoms in total. The first kappa shape index (κ1) is 14.3. The fourth-order valence-electron chi connectivity index (χ4n) is 3.24. The number of rotatable bonds is 2. The quantitative estimate of drug-likeness (QED) is 0.827. The van der Waals surface area contributed by atoms with Gasteiger partial charge in [0.15, 0.2) is 9.84 Å². The van der Waals surface area contributed by atoms with Crippen molar-refractivity contribution in [2.75, 3.05) is 12.9 Å². The van der Waals surface area contributed by atoms with Crippen molar-refractivity contribution < 1.29 is 23.1 Å². The number of benzene rings is 1. The van der Waals surface area contributed by atoms with Gasteiger partial charge in [0.25, 0.3) is 0 Å². The summed E-state index contributed by atoms with van der Waals surface area (Å²) >= 11 is 0. The molecule has 0 spiro atoms. The average Bonchev–Trinajstić information content (AvgIpc) is 2.45. The Kier molecular flexibility index (Phi) is 3.41. The van der Waals surface area contributed by atoms with E-state index in [1.54, 1.807) is 13.2 Å². The van der Waals surface area contributed by atoms with Crippen molar-refractivity contribution in [2.45, 2.75) is 30.2 Å². The SMILES string of the molecule is COc1ccc2c(c1)CCC1C2NC(C(=O)O)CS1(=O)=O. The zero-order valence-electron chi connectivity index (χ0n) is 11.6. The summed E-state index contributed by atoms with van der Waals surface area (Å²) in [5.74, 6) is -0.743. The van der Waals surface area contributed by atoms with Crippen LogP contribution in [0.1, 0.15) is 23.6 Å². The molecule has 3 rings (SSSR count). The van der Waals surface area contributed by atoms with E-state index < -0.39 is 33.1 Å². The number of nitrogens with one attached hydrogen (secondary N) is 1. The second-order valence-electron chi connectivity index (χ2n) is 5.51. The second kappa shape index (κ2) is 4.99. The summed E-state index contributed by atoms with van der Waals surface area (Å²) in [4.78, 5) is 11.2. The minimum absolute atomic E-state index is 0.338. The summed E-state index contributed by atoms with van der Waals surface area (Å²) in [6.07, 6.45) is 1.17. The summed E-state index contributed by atoms with van der Waals surface area (Å²) in [5.41, 5.74) is 1.88. The first-order valence-corrected chi connectivity index (χ1v) is 8.51. The van der Waals surface area contributed by atoms with E-state index in [4.69, 9.17) is 9.84 Å². The van der Waals surface area contributed by atoms with Gasteiger partial charge in [-0.05, 0) is 36.1 Å². The molecule has 3 atom stereocenters. The van der Waals surface area contributed by atoms with E-state index in [0.717, 1.165) is 16.9 Å². The van der Waals surface area contributed by atoms with E-state index >= 15 is 0 Å². The Morgan fingerprint density at radius 3 is 2.86 bits per heavy atom. The van der Waals surface area contributed by atoms with E-state index in [-0.39, 0.29) is 5.75 Å². The van der Waals surface area contributed by atoms with Gasteiger partial charge in [0.05, 0.1) is 18.1 Å². The van der Waals surface area contributed by atoms with Crippen LogP contribution in [0.5, 0.6) is 5.75 Å². The molecule has 1 aliphatic heterocycles. The van der Waals surface area contributed by atoms with E-state index in [2.05, 4.69) is 5.32 Å². The molecule has 0 aromatic heterocycles. The molecule has 1 aromatic carbocycles. The molecular formula is C14H17NO5S. The van der Waals surface area contributed by atoms with Crippen LogP contribution in [-0.4, -0.2) is 43.6 Å². The van der Waals surface area contributed by atoms with E-state index in [9.17, 15) is 13.2 Å². The second-order valence-corrected chi connectivity index (χ2v) is 7.77. The molecular weight excluding hydrogens is 294 g/mol. The normalized spacial score (nSPS) is 30.0. The van der Waals surface area contributed by atoms with Crippen LogP contribution in [0.2, 0.25) is 0 Å². The van der Waals surface area contributed by atoms with Crippen LogP contribution in [0.3, 0.4) is 0 Å². The third-order valence-corrected chi connectivity index (χ3v) is 6.52. The first-order chi connectivity index (χ1) is 9.92. The topological polar surface area (TPSA) is 92.7 Å². The average molecular weight is 311 g/mol. The van der Waals surface area contributed by atoms with Crippen LogP contribution in [0.25, 0.3) is 0 Å². The minimum Gasteiger partial charge on any atom is -0.497 e. The number of fused-ring (bicyclic) bond motifs is 3. The molecule has 21 heavy (non-hydrogen) atoms. The van der Waals surface area contributed by atoms with E-state index in [1.165, 1.54) is 0 Å². The monoisotopic (exact) mass is 311 g/mol. The lowest BCUT2D eigenvalue weighted by molar-refractivity contribution is -0.139. The molecule has 1 aromatic rings. The van der Waals surface area contributed by atoms with Gasteiger partial charge in [0.2, 0.25) is 0 Å². The number of hydrogen-bond acceptors (Lipinski definition) is 5. The van der Waals surface area contributed by atoms with Gasteiger partial charge < -0.3 is 9.84 Å². The van der Waals surface area contributed by atoms with Gasteiger partial charge in [-0.25, -0.2) is 8.42 Å². The number of carboxylic acids is 1. The van der Waals surface area contributed by atoms with Gasteiger partial charge in [0.1, 0.15) is 11.8 Å². The standard InChI is InChI=1S/C14H17NO5S/c1-20-9-3-4-10-8(6-9)2-5-12-13(10)15-11(14(16)17)7-21(12,18)19/h3-4,6,11-13,15H,2,5,7H2,1H3,(H,16,17). The molecule has 1 saturated heterocycles. The fraction of sp³-hybridized carbons (Fsp3) is 0.500. The van der Waals surface area contributed by atoms with Crippen molar-refractivity contribution in [1.82, 2.24) is 5.32 Å². The molecule has 114 valence electrons. The maximum Gasteiger partial charge on any atom is 0.321 e. The molecule has 2 aliphatic rings. The van der Waals surface area contributed by atoms with Crippen molar-refractivity contribution in [3.63, 3.8) is 0 Å². The molecule has 1 fully saturated rings. The highest BCUT2D eigenvalue weighted by Gasteiger charge is 2.46. The number of aryl methyl sites for hydroxylation is 1. The molecule has 1 aliphatic carbocycles. The van der Waals surface area contributed by atoms with Crippen molar-refractivity contribution in [2.24, 2.45) is 0 Å². The van der Waals surface area contributed by atoms with Crippen LogP contribution in [0, 0.1) is 0 Å². The van der Waals surface area contributed by atoms with Crippen molar-refractivity contribution >= 4 is 15.8 Å². The zero-order valence-corrected chi connectivity index (χ0v) is 12.4. The molecule has 7 heteroatoms. The lowest BCUT2D eigenvalue weighted by Gasteiger charge is -2.39. The third kappa shape index (κ3) is 2.40. The summed E-state index contributed by atoms with van der Waals surface area (Å²) in [7, 11) is -1.83. The largest absolute Gasteiger partial charge is 0.497 e. The van der Waals surface area contributed by atoms with Crippen LogP contribution in [0.4, 0.5) is 0 Å². The minimum atomic E-state index is -3.41. The number of sulfone groups is 1. The van der Waals surface area contributed by atoms with E-state index in [1.807, 2.05) is 12.1 Å². The molecule has 0 bridgehead atoms. The third-order valence-electron chi connectivity index (χ3n) is 4.29. The Morgan fingerprint density at radius 1 is 1.43 bits per heavy atom. The fourth-order valence-corrected chi connectivity index (χ4v) is 5.31. The summed E-state index contributed by atoms with van der Waals surface area (Å²) in [6.45, 7) is 0. The Balaban J connectivity index is 2.03. The zero-order chi connectivity index (χ0) is 15.2. The van der Waals surface area contributed by atoms with Gasteiger partial charge in [-0.3, -0.25) is 10.1 Å². The van der Waals surface area contributed by atoms with Crippen LogP contribution >= 0.6 is 0 Å². The molecule has 3 unspecified atom stereocenters. The van der Waals surface area contributed by atoms with Crippen LogP contribution in [-0.2, 0) is 21.1 Å². The lowest BCUT2D eigenvalue weighted by atomic mass is 9.86. The Labute approximate surface area is 123 Å². The molecule has 1 heterocycles. The summed E-state index contributed by atoms with van der Waals surface area (Å²) in [5, 5.41) is 11.6. The van der Waals surface area contributed by atoms with Gasteiger partial charge in [-0.15, -0.1) is 0 Å². The lowest BCUT2D eigenvalue weighted by Crippen LogP contribution is -2.56. The molecule has 0 amide bonds. The van der Waals surface area contributed by atoms with Gasteiger partial charge >= 0.3 is 5.97 Å². The number of aliphatic carboxylic acids is 1. The highest BCUT2D eigenvalue weighted by Crippen LogP contribution is 2.38. The number of ether oxygens (including phenoxy) is 1. The van der Waals surface area contributed by atoms with Crippen molar-refractivity contribution in [3.8, 4) is 5.75 Å². The predicted octanol–water partition coefficient (Wildman–Crippen LogP) is 0.522. The van der Waals surface area contributed by atoms with Crippen LogP contribution < -0.4 is 10.1 Å². The summed E-state index contributed by atoms with van der Waals surface area (Å²) < 4.78 is 29.9. The highest BCUT2D eigenvalue weighted by atomic mass is 32.2. The maximum absolute atomic E-state index is 12.3. The molecule has 0 radical (unpaired) electrons. The highest BCUT2D eigenvalue weighted by molar-refractivity contribution is 7.92. The Morgan fingerprint density at radius 2 is 2.19 bits per heavy atom. The van der Waals surface area contributed by atoms with Crippen molar-refractivity contribution in [1.29, 1.82) is 0 Å². The maximum atomic E-state index is 12.3. The van der Waals surface area contributed by atoms with Crippen molar-refractivity contribution in [3.05, 3.63) is 29.3 Å². The van der Waals surface area contributed by atoms with Gasteiger partial charge in [-0.1, -0.05) is 6.07 Å². The summed E-state index contributed by atoms with van der Waals surface area (Å²) in [6, 6.07) is 3.99. The Hall–Kier alpha value is -1.60. The first-order valence-electron chi connectivity index (χ1n) is 6.79. The number of methoxy groups -OCH3 is 1. The number of carboxylic acid groups (broad SMARTS) is 1. The number of hydrogen-bond donors (Lipinski definition) is 2. The molecule has 2 N–H and O–H groups in total. The molecule has 0 saturated carbocycles. The predicted molar refractivity (Wildman–Crippen MR) is 76.2 cm³/mol.